The van der Waals surface area contributed by atoms with E-state index in [0.717, 1.165) is 5.56 Å². The molecule has 0 aliphatic carbocycles. The summed E-state index contributed by atoms with van der Waals surface area (Å²) in [6.07, 6.45) is 0. The van der Waals surface area contributed by atoms with Gasteiger partial charge in [-0.05, 0) is 37.6 Å². The van der Waals surface area contributed by atoms with E-state index in [0.29, 0.717) is 18.0 Å². The van der Waals surface area contributed by atoms with Gasteiger partial charge in [0.15, 0.2) is 0 Å². The standard InChI is InChI=1S/C17H19N3O4/c1-3-24-16-7-5-4-6-14(16)18-11-17(21)19-13-9-8-12(2)10-15(13)20(22)23/h4-10,18H,3,11H2,1-2H3,(H,19,21). The Hall–Kier alpha value is -3.09. The Morgan fingerprint density at radius 3 is 2.67 bits per heavy atom. The quantitative estimate of drug-likeness (QED) is 0.600. The fraction of sp³-hybridized carbons (Fsp3) is 0.235. The highest BCUT2D eigenvalue weighted by atomic mass is 16.6. The van der Waals surface area contributed by atoms with Crippen LogP contribution in [0.25, 0.3) is 0 Å². The summed E-state index contributed by atoms with van der Waals surface area (Å²) in [5.41, 5.74) is 1.49. The summed E-state index contributed by atoms with van der Waals surface area (Å²) in [6, 6.07) is 11.9. The SMILES string of the molecule is CCOc1ccccc1NCC(=O)Nc1ccc(C)cc1[N+](=O)[O-]. The molecule has 0 atom stereocenters. The second-order valence-corrected chi connectivity index (χ2v) is 5.11. The molecule has 7 nitrogen and oxygen atoms in total. The lowest BCUT2D eigenvalue weighted by atomic mass is 10.2. The highest BCUT2D eigenvalue weighted by molar-refractivity contribution is 5.96. The number of nitro benzene ring substituents is 1. The van der Waals surface area contributed by atoms with Gasteiger partial charge >= 0.3 is 0 Å². The first kappa shape index (κ1) is 17.3. The molecule has 0 unspecified atom stereocenters. The Balaban J connectivity index is 2.03. The molecule has 7 heteroatoms. The van der Waals surface area contributed by atoms with E-state index < -0.39 is 4.92 Å². The second kappa shape index (κ2) is 7.96. The number of carbonyl (C=O) groups excluding carboxylic acids is 1. The molecule has 2 N–H and O–H groups in total. The first-order chi connectivity index (χ1) is 11.5. The van der Waals surface area contributed by atoms with Crippen LogP contribution in [0.15, 0.2) is 42.5 Å². The lowest BCUT2D eigenvalue weighted by Gasteiger charge is -2.12. The van der Waals surface area contributed by atoms with Crippen molar-refractivity contribution in [1.82, 2.24) is 0 Å². The number of hydrogen-bond donors (Lipinski definition) is 2. The maximum Gasteiger partial charge on any atom is 0.293 e. The van der Waals surface area contributed by atoms with Crippen molar-refractivity contribution >= 4 is 23.0 Å². The highest BCUT2D eigenvalue weighted by Gasteiger charge is 2.16. The van der Waals surface area contributed by atoms with E-state index in [1.54, 1.807) is 25.1 Å². The number of hydrogen-bond acceptors (Lipinski definition) is 5. The molecule has 2 rings (SSSR count). The van der Waals surface area contributed by atoms with E-state index in [2.05, 4.69) is 10.6 Å². The molecular formula is C17H19N3O4. The molecule has 0 bridgehead atoms. The number of ether oxygens (including phenoxy) is 1. The normalized spacial score (nSPS) is 10.1. The third kappa shape index (κ3) is 4.45. The van der Waals surface area contributed by atoms with E-state index in [1.807, 2.05) is 19.1 Å². The van der Waals surface area contributed by atoms with Crippen LogP contribution in [0.4, 0.5) is 17.1 Å². The zero-order chi connectivity index (χ0) is 17.5. The molecule has 0 fully saturated rings. The topological polar surface area (TPSA) is 93.5 Å². The molecule has 0 radical (unpaired) electrons. The Morgan fingerprint density at radius 1 is 1.21 bits per heavy atom. The van der Waals surface area contributed by atoms with Gasteiger partial charge in [0.1, 0.15) is 11.4 Å². The van der Waals surface area contributed by atoms with Crippen molar-refractivity contribution in [2.75, 3.05) is 23.8 Å². The number of amides is 1. The van der Waals surface area contributed by atoms with Gasteiger partial charge in [-0.1, -0.05) is 18.2 Å². The average Bonchev–Trinajstić information content (AvgIpc) is 2.56. The molecule has 0 aromatic heterocycles. The molecule has 0 aliphatic rings. The Labute approximate surface area is 139 Å². The summed E-state index contributed by atoms with van der Waals surface area (Å²) in [4.78, 5) is 22.6. The zero-order valence-electron chi connectivity index (χ0n) is 13.5. The molecular weight excluding hydrogens is 310 g/mol. The number of benzene rings is 2. The van der Waals surface area contributed by atoms with Crippen molar-refractivity contribution in [3.05, 3.63) is 58.1 Å². The molecule has 2 aromatic carbocycles. The first-order valence-electron chi connectivity index (χ1n) is 7.52. The highest BCUT2D eigenvalue weighted by Crippen LogP contribution is 2.26. The molecule has 0 saturated carbocycles. The predicted octanol–water partition coefficient (Wildman–Crippen LogP) is 3.35. The number of nitrogens with one attached hydrogen (secondary N) is 2. The minimum atomic E-state index is -0.513. The van der Waals surface area contributed by atoms with Crippen LogP contribution in [-0.4, -0.2) is 24.0 Å². The fourth-order valence-electron chi connectivity index (χ4n) is 2.16. The molecule has 126 valence electrons. The lowest BCUT2D eigenvalue weighted by molar-refractivity contribution is -0.384. The Bertz CT molecular complexity index is 746. The van der Waals surface area contributed by atoms with Gasteiger partial charge in [-0.15, -0.1) is 0 Å². The average molecular weight is 329 g/mol. The van der Waals surface area contributed by atoms with Gasteiger partial charge in [0.25, 0.3) is 5.69 Å². The van der Waals surface area contributed by atoms with Crippen LogP contribution in [0.2, 0.25) is 0 Å². The second-order valence-electron chi connectivity index (χ2n) is 5.11. The van der Waals surface area contributed by atoms with Crippen molar-refractivity contribution in [2.24, 2.45) is 0 Å². The van der Waals surface area contributed by atoms with Crippen LogP contribution < -0.4 is 15.4 Å². The van der Waals surface area contributed by atoms with Crippen molar-refractivity contribution < 1.29 is 14.5 Å². The van der Waals surface area contributed by atoms with Crippen molar-refractivity contribution in [3.63, 3.8) is 0 Å². The molecule has 0 aliphatic heterocycles. The minimum absolute atomic E-state index is 0.0326. The van der Waals surface area contributed by atoms with Crippen molar-refractivity contribution in [3.8, 4) is 5.75 Å². The number of carbonyl (C=O) groups is 1. The number of aryl methyl sites for hydroxylation is 1. The van der Waals surface area contributed by atoms with Gasteiger partial charge in [-0.25, -0.2) is 0 Å². The maximum absolute atomic E-state index is 12.1. The van der Waals surface area contributed by atoms with Gasteiger partial charge in [-0.2, -0.15) is 0 Å². The molecule has 0 saturated heterocycles. The third-order valence-electron chi connectivity index (χ3n) is 3.25. The van der Waals surface area contributed by atoms with Crippen molar-refractivity contribution in [2.45, 2.75) is 13.8 Å². The van der Waals surface area contributed by atoms with Gasteiger partial charge < -0.3 is 15.4 Å². The fourth-order valence-corrected chi connectivity index (χ4v) is 2.16. The van der Waals surface area contributed by atoms with Gasteiger partial charge in [-0.3, -0.25) is 14.9 Å². The molecule has 1 amide bonds. The van der Waals surface area contributed by atoms with Crippen LogP contribution >= 0.6 is 0 Å². The minimum Gasteiger partial charge on any atom is -0.492 e. The summed E-state index contributed by atoms with van der Waals surface area (Å²) in [7, 11) is 0. The lowest BCUT2D eigenvalue weighted by Crippen LogP contribution is -2.22. The number of para-hydroxylation sites is 2. The van der Waals surface area contributed by atoms with Gasteiger partial charge in [0.2, 0.25) is 5.91 Å². The van der Waals surface area contributed by atoms with Crippen LogP contribution in [0.1, 0.15) is 12.5 Å². The number of anilines is 2. The smallest absolute Gasteiger partial charge is 0.293 e. The zero-order valence-corrected chi connectivity index (χ0v) is 13.5. The van der Waals surface area contributed by atoms with Gasteiger partial charge in [0, 0.05) is 6.07 Å². The monoisotopic (exact) mass is 329 g/mol. The Morgan fingerprint density at radius 2 is 1.96 bits per heavy atom. The summed E-state index contributed by atoms with van der Waals surface area (Å²) < 4.78 is 5.47. The third-order valence-corrected chi connectivity index (χ3v) is 3.25. The van der Waals surface area contributed by atoms with E-state index in [1.165, 1.54) is 12.1 Å². The number of nitrogens with zero attached hydrogens (tertiary/aromatic N) is 1. The van der Waals surface area contributed by atoms with E-state index in [4.69, 9.17) is 4.74 Å². The summed E-state index contributed by atoms with van der Waals surface area (Å²) in [5.74, 6) is 0.266. The van der Waals surface area contributed by atoms with Crippen LogP contribution in [-0.2, 0) is 4.79 Å². The first-order valence-corrected chi connectivity index (χ1v) is 7.52. The number of rotatable bonds is 7. The molecule has 2 aromatic rings. The van der Waals surface area contributed by atoms with Crippen LogP contribution in [0.3, 0.4) is 0 Å². The van der Waals surface area contributed by atoms with Crippen molar-refractivity contribution in [1.29, 1.82) is 0 Å². The summed E-state index contributed by atoms with van der Waals surface area (Å²) in [5, 5.41) is 16.6. The summed E-state index contributed by atoms with van der Waals surface area (Å²) >= 11 is 0. The maximum atomic E-state index is 12.1. The Kier molecular flexibility index (Phi) is 5.73. The number of nitro groups is 1. The predicted molar refractivity (Wildman–Crippen MR) is 92.6 cm³/mol. The largest absolute Gasteiger partial charge is 0.492 e. The van der Waals surface area contributed by atoms with Crippen LogP contribution in [0, 0.1) is 17.0 Å². The van der Waals surface area contributed by atoms with Gasteiger partial charge in [0.05, 0.1) is 23.8 Å². The van der Waals surface area contributed by atoms with E-state index in [9.17, 15) is 14.9 Å². The molecule has 0 heterocycles. The van der Waals surface area contributed by atoms with E-state index in [-0.39, 0.29) is 23.8 Å². The van der Waals surface area contributed by atoms with E-state index >= 15 is 0 Å². The summed E-state index contributed by atoms with van der Waals surface area (Å²) in [6.45, 7) is 4.11. The van der Waals surface area contributed by atoms with Crippen LogP contribution in [0.5, 0.6) is 5.75 Å². The molecule has 24 heavy (non-hydrogen) atoms. The molecule has 0 spiro atoms.